The van der Waals surface area contributed by atoms with Crippen LogP contribution in [-0.2, 0) is 24.6 Å². The molecule has 0 aliphatic carbocycles. The predicted octanol–water partition coefficient (Wildman–Crippen LogP) is 10.2. The minimum Gasteiger partial charge on any atom is -0.423 e. The summed E-state index contributed by atoms with van der Waals surface area (Å²) in [5.41, 5.74) is 5.65. The van der Waals surface area contributed by atoms with Crippen molar-refractivity contribution in [3.63, 3.8) is 0 Å². The van der Waals surface area contributed by atoms with Crippen LogP contribution in [0, 0.1) is 0 Å². The van der Waals surface area contributed by atoms with Crippen molar-refractivity contribution in [1.29, 1.82) is 0 Å². The maximum absolute atomic E-state index is 13.0. The molecule has 0 N–H and O–H groups in total. The van der Waals surface area contributed by atoms with Gasteiger partial charge in [-0.15, -0.1) is 11.8 Å². The molecule has 2 rings (SSSR count). The first kappa shape index (κ1) is 35.8. The van der Waals surface area contributed by atoms with Gasteiger partial charge >= 0.3 is 13.8 Å². The number of hydrogen-bond acceptors (Lipinski definition) is 7. The lowest BCUT2D eigenvalue weighted by Gasteiger charge is -2.16. The summed E-state index contributed by atoms with van der Waals surface area (Å²) in [6.07, 6.45) is 11.7. The van der Waals surface area contributed by atoms with Crippen molar-refractivity contribution in [2.45, 2.75) is 78.5 Å². The third kappa shape index (κ3) is 14.2. The lowest BCUT2D eigenvalue weighted by molar-refractivity contribution is 0.0730. The van der Waals surface area contributed by atoms with Gasteiger partial charge in [0.1, 0.15) is 5.75 Å². The molecule has 0 aromatic heterocycles. The first-order valence-corrected chi connectivity index (χ1v) is 17.1. The van der Waals surface area contributed by atoms with E-state index in [0.29, 0.717) is 17.7 Å². The molecule has 8 heteroatoms. The molecule has 6 nitrogen and oxygen atoms in total. The molecule has 42 heavy (non-hydrogen) atoms. The van der Waals surface area contributed by atoms with Gasteiger partial charge in [0.15, 0.2) is 0 Å². The largest absolute Gasteiger partial charge is 0.474 e. The molecule has 0 radical (unpaired) electrons. The van der Waals surface area contributed by atoms with E-state index in [-0.39, 0.29) is 19.8 Å². The normalized spacial score (nSPS) is 12.3. The number of phosphoric ester groups is 1. The maximum Gasteiger partial charge on any atom is 0.474 e. The number of hydrogen-bond donors (Lipinski definition) is 0. The second-order valence-corrected chi connectivity index (χ2v) is 12.9. The van der Waals surface area contributed by atoms with Crippen LogP contribution >= 0.6 is 19.6 Å². The first-order chi connectivity index (χ1) is 20.2. The molecule has 2 aromatic carbocycles. The molecule has 0 amide bonds. The van der Waals surface area contributed by atoms with Crippen LogP contribution in [0.25, 0.3) is 0 Å². The SMILES string of the molecule is CCOP(=O)(OCC)OCCc1ccc(OC(=O)c2ccccc2SCC=C(C)CCC=C(C)CCC=C(C)C)cc1. The highest BCUT2D eigenvalue weighted by Gasteiger charge is 2.24. The Labute approximate surface area is 257 Å². The van der Waals surface area contributed by atoms with E-state index in [4.69, 9.17) is 18.3 Å². The van der Waals surface area contributed by atoms with Gasteiger partial charge in [0, 0.05) is 10.6 Å². The maximum atomic E-state index is 13.0. The highest BCUT2D eigenvalue weighted by Crippen LogP contribution is 2.49. The molecule has 0 aliphatic heterocycles. The van der Waals surface area contributed by atoms with Crippen LogP contribution in [0.4, 0.5) is 0 Å². The van der Waals surface area contributed by atoms with Crippen molar-refractivity contribution in [1.82, 2.24) is 0 Å². The Kier molecular flexibility index (Phi) is 16.8. The lowest BCUT2D eigenvalue weighted by Crippen LogP contribution is -2.10. The van der Waals surface area contributed by atoms with Gasteiger partial charge in [-0.25, -0.2) is 9.36 Å². The average molecular weight is 615 g/mol. The quantitative estimate of drug-likeness (QED) is 0.0513. The van der Waals surface area contributed by atoms with Crippen LogP contribution in [0.1, 0.15) is 83.1 Å². The minimum atomic E-state index is -3.53. The number of carbonyl (C=O) groups is 1. The number of allylic oxidation sites excluding steroid dienone is 5. The summed E-state index contributed by atoms with van der Waals surface area (Å²) >= 11 is 1.63. The summed E-state index contributed by atoms with van der Waals surface area (Å²) in [5, 5.41) is 0. The van der Waals surface area contributed by atoms with Crippen LogP contribution in [0.15, 0.2) is 88.4 Å². The smallest absolute Gasteiger partial charge is 0.423 e. The second-order valence-electron chi connectivity index (χ2n) is 10.2. The van der Waals surface area contributed by atoms with Crippen molar-refractivity contribution >= 4 is 25.6 Å². The summed E-state index contributed by atoms with van der Waals surface area (Å²) in [6.45, 7) is 12.8. The number of ether oxygens (including phenoxy) is 1. The van der Waals surface area contributed by atoms with Crippen LogP contribution in [0.3, 0.4) is 0 Å². The molecular weight excluding hydrogens is 567 g/mol. The van der Waals surface area contributed by atoms with Crippen LogP contribution in [0.5, 0.6) is 5.75 Å². The molecule has 0 unspecified atom stereocenters. The number of esters is 1. The minimum absolute atomic E-state index is 0.182. The summed E-state index contributed by atoms with van der Waals surface area (Å²) in [4.78, 5) is 13.9. The molecular formula is C34H47O6PS. The Morgan fingerprint density at radius 3 is 2.07 bits per heavy atom. The standard InChI is InChI=1S/C34H47O6PS/c1-7-37-41(36,38-8-2)39-25-23-30-19-21-31(22-20-30)40-34(35)32-17-9-10-18-33(32)42-26-24-29(6)16-12-15-28(5)14-11-13-27(3)4/h9-10,13,15,17-22,24H,7-8,11-12,14,16,23,25-26H2,1-6H3. The van der Waals surface area contributed by atoms with Crippen molar-refractivity contribution in [3.05, 3.63) is 94.6 Å². The highest BCUT2D eigenvalue weighted by atomic mass is 32.2. The lowest BCUT2D eigenvalue weighted by atomic mass is 10.1. The molecule has 0 spiro atoms. The van der Waals surface area contributed by atoms with Gasteiger partial charge in [-0.05, 0) is 103 Å². The molecule has 2 aromatic rings. The molecule has 0 fully saturated rings. The zero-order chi connectivity index (χ0) is 30.8. The zero-order valence-corrected chi connectivity index (χ0v) is 27.7. The van der Waals surface area contributed by atoms with E-state index in [1.807, 2.05) is 30.3 Å². The number of thioether (sulfide) groups is 1. The highest BCUT2D eigenvalue weighted by molar-refractivity contribution is 7.99. The van der Waals surface area contributed by atoms with Gasteiger partial charge in [-0.3, -0.25) is 13.6 Å². The monoisotopic (exact) mass is 614 g/mol. The van der Waals surface area contributed by atoms with E-state index >= 15 is 0 Å². The summed E-state index contributed by atoms with van der Waals surface area (Å²) < 4.78 is 33.8. The second kappa shape index (κ2) is 19.7. The average Bonchev–Trinajstić information content (AvgIpc) is 2.94. The Morgan fingerprint density at radius 2 is 1.43 bits per heavy atom. The Hall–Kier alpha value is -2.41. The van der Waals surface area contributed by atoms with Gasteiger partial charge in [0.2, 0.25) is 0 Å². The molecule has 0 saturated carbocycles. The van der Waals surface area contributed by atoms with Gasteiger partial charge in [-0.2, -0.15) is 0 Å². The van der Waals surface area contributed by atoms with Crippen molar-refractivity contribution in [3.8, 4) is 5.75 Å². The predicted molar refractivity (Wildman–Crippen MR) is 174 cm³/mol. The fraction of sp³-hybridized carbons (Fsp3) is 0.441. The Morgan fingerprint density at radius 1 is 0.810 bits per heavy atom. The number of carbonyl (C=O) groups excluding carboxylic acids is 1. The van der Waals surface area contributed by atoms with Crippen molar-refractivity contribution in [2.75, 3.05) is 25.6 Å². The van der Waals surface area contributed by atoms with Gasteiger partial charge < -0.3 is 4.74 Å². The molecule has 0 aliphatic rings. The number of rotatable bonds is 19. The summed E-state index contributed by atoms with van der Waals surface area (Å²) in [7, 11) is -3.53. The van der Waals surface area contributed by atoms with Crippen molar-refractivity contribution < 1.29 is 27.7 Å². The topological polar surface area (TPSA) is 71.1 Å². The third-order valence-corrected chi connectivity index (χ3v) is 8.90. The summed E-state index contributed by atoms with van der Waals surface area (Å²) in [5.74, 6) is 0.854. The van der Waals surface area contributed by atoms with E-state index in [0.717, 1.165) is 41.9 Å². The van der Waals surface area contributed by atoms with Gasteiger partial charge in [0.05, 0.1) is 25.4 Å². The number of phosphoric acid groups is 1. The van der Waals surface area contributed by atoms with Crippen LogP contribution in [-0.4, -0.2) is 31.5 Å². The van der Waals surface area contributed by atoms with Gasteiger partial charge in [0.25, 0.3) is 0 Å². The molecule has 230 valence electrons. The van der Waals surface area contributed by atoms with Gasteiger partial charge in [-0.1, -0.05) is 59.2 Å². The van der Waals surface area contributed by atoms with E-state index in [2.05, 4.69) is 45.9 Å². The summed E-state index contributed by atoms with van der Waals surface area (Å²) in [6, 6.07) is 14.7. The molecule has 0 atom stereocenters. The fourth-order valence-electron chi connectivity index (χ4n) is 3.96. The first-order valence-electron chi connectivity index (χ1n) is 14.7. The van der Waals surface area contributed by atoms with Crippen LogP contribution in [0.2, 0.25) is 0 Å². The van der Waals surface area contributed by atoms with E-state index in [1.165, 1.54) is 16.7 Å². The fourth-order valence-corrected chi connectivity index (χ4v) is 6.16. The Balaban J connectivity index is 1.86. The number of benzene rings is 2. The third-order valence-electron chi connectivity index (χ3n) is 6.25. The van der Waals surface area contributed by atoms with Crippen molar-refractivity contribution in [2.24, 2.45) is 0 Å². The Bertz CT molecular complexity index is 1230. The zero-order valence-electron chi connectivity index (χ0n) is 26.0. The molecule has 0 saturated heterocycles. The van der Waals surface area contributed by atoms with Crippen LogP contribution < -0.4 is 4.74 Å². The van der Waals surface area contributed by atoms with E-state index in [9.17, 15) is 9.36 Å². The van der Waals surface area contributed by atoms with E-state index in [1.54, 1.807) is 43.8 Å². The van der Waals surface area contributed by atoms with E-state index < -0.39 is 13.8 Å². The molecule has 0 heterocycles. The molecule has 0 bridgehead atoms.